The molecule has 1 heterocycles. The van der Waals surface area contributed by atoms with Crippen LogP contribution in [0.3, 0.4) is 0 Å². The lowest BCUT2D eigenvalue weighted by atomic mass is 10.0. The molecule has 0 amide bonds. The molecule has 0 bridgehead atoms. The molecule has 0 N–H and O–H groups in total. The fraction of sp³-hybridized carbons (Fsp3) is 0.200. The average Bonchev–Trinajstić information content (AvgIpc) is 3.03. The van der Waals surface area contributed by atoms with Gasteiger partial charge in [0.25, 0.3) is 0 Å². The topological polar surface area (TPSA) is 3.01 Å². The summed E-state index contributed by atoms with van der Waals surface area (Å²) in [7, 11) is 0. The first-order valence-corrected chi connectivity index (χ1v) is 6.64. The van der Waals surface area contributed by atoms with Gasteiger partial charge in [-0.3, -0.25) is 0 Å². The van der Waals surface area contributed by atoms with Gasteiger partial charge >= 0.3 is 0 Å². The molecule has 3 heteroatoms. The second-order valence-corrected chi connectivity index (χ2v) is 5.73. The SMILES string of the molecule is CC1(c2ccccc2)CN1c1cc(Cl)cc(Cl)c1. The summed E-state index contributed by atoms with van der Waals surface area (Å²) < 4.78 is 0. The molecule has 1 aliphatic heterocycles. The summed E-state index contributed by atoms with van der Waals surface area (Å²) >= 11 is 12.1. The van der Waals surface area contributed by atoms with E-state index in [-0.39, 0.29) is 5.54 Å². The van der Waals surface area contributed by atoms with Gasteiger partial charge in [-0.2, -0.15) is 0 Å². The summed E-state index contributed by atoms with van der Waals surface area (Å²) in [5.74, 6) is 0. The standard InChI is InChI=1S/C15H13Cl2N/c1-15(11-5-3-2-4-6-11)10-18(15)14-8-12(16)7-13(17)9-14/h2-9H,10H2,1H3. The van der Waals surface area contributed by atoms with E-state index >= 15 is 0 Å². The molecule has 2 aromatic rings. The van der Waals surface area contributed by atoms with Crippen LogP contribution in [0.5, 0.6) is 0 Å². The summed E-state index contributed by atoms with van der Waals surface area (Å²) in [5, 5.41) is 1.36. The van der Waals surface area contributed by atoms with Crippen LogP contribution in [-0.4, -0.2) is 6.54 Å². The summed E-state index contributed by atoms with van der Waals surface area (Å²) in [5.41, 5.74) is 2.47. The lowest BCUT2D eigenvalue weighted by Crippen LogP contribution is -2.10. The molecule has 18 heavy (non-hydrogen) atoms. The van der Waals surface area contributed by atoms with Crippen molar-refractivity contribution in [1.82, 2.24) is 0 Å². The van der Waals surface area contributed by atoms with Crippen LogP contribution in [0.25, 0.3) is 0 Å². The molecule has 0 saturated carbocycles. The van der Waals surface area contributed by atoms with Gasteiger partial charge in [0.15, 0.2) is 0 Å². The van der Waals surface area contributed by atoms with Crippen LogP contribution >= 0.6 is 23.2 Å². The van der Waals surface area contributed by atoms with Crippen molar-refractivity contribution in [3.8, 4) is 0 Å². The second kappa shape index (κ2) is 4.18. The van der Waals surface area contributed by atoms with Gasteiger partial charge in [-0.25, -0.2) is 0 Å². The molecule has 92 valence electrons. The highest BCUT2D eigenvalue weighted by molar-refractivity contribution is 6.35. The first-order valence-electron chi connectivity index (χ1n) is 5.89. The van der Waals surface area contributed by atoms with Crippen molar-refractivity contribution >= 4 is 28.9 Å². The molecule has 0 aromatic heterocycles. The van der Waals surface area contributed by atoms with Crippen LogP contribution in [0.4, 0.5) is 5.69 Å². The van der Waals surface area contributed by atoms with Crippen LogP contribution in [0.2, 0.25) is 10.0 Å². The summed E-state index contributed by atoms with van der Waals surface area (Å²) in [4.78, 5) is 2.31. The van der Waals surface area contributed by atoms with Crippen molar-refractivity contribution in [3.63, 3.8) is 0 Å². The minimum Gasteiger partial charge on any atom is -0.357 e. The molecule has 0 radical (unpaired) electrons. The highest BCUT2D eigenvalue weighted by atomic mass is 35.5. The van der Waals surface area contributed by atoms with Crippen LogP contribution in [0.1, 0.15) is 12.5 Å². The third kappa shape index (κ3) is 1.98. The zero-order valence-electron chi connectivity index (χ0n) is 10.0. The van der Waals surface area contributed by atoms with Gasteiger partial charge in [0, 0.05) is 22.3 Å². The average molecular weight is 278 g/mol. The summed E-state index contributed by atoms with van der Waals surface area (Å²) in [6.07, 6.45) is 0. The third-order valence-electron chi connectivity index (χ3n) is 3.51. The van der Waals surface area contributed by atoms with E-state index in [1.807, 2.05) is 18.2 Å². The Morgan fingerprint density at radius 2 is 1.61 bits per heavy atom. The molecule has 1 nitrogen and oxygen atoms in total. The van der Waals surface area contributed by atoms with Crippen LogP contribution in [0.15, 0.2) is 48.5 Å². The number of rotatable bonds is 2. The first kappa shape index (κ1) is 11.9. The van der Waals surface area contributed by atoms with E-state index in [2.05, 4.69) is 36.1 Å². The summed E-state index contributed by atoms with van der Waals surface area (Å²) in [6, 6.07) is 16.2. The van der Waals surface area contributed by atoms with Crippen molar-refractivity contribution in [2.45, 2.75) is 12.5 Å². The molecule has 3 rings (SSSR count). The van der Waals surface area contributed by atoms with E-state index < -0.39 is 0 Å². The molecule has 2 aromatic carbocycles. The minimum atomic E-state index is 0.0648. The lowest BCUT2D eigenvalue weighted by Gasteiger charge is -2.14. The normalized spacial score (nSPS) is 22.1. The Bertz CT molecular complexity index is 562. The Kier molecular flexibility index (Phi) is 2.76. The molecule has 1 aliphatic rings. The van der Waals surface area contributed by atoms with Gasteiger partial charge in [0.05, 0.1) is 5.54 Å². The molecular formula is C15H13Cl2N. The molecule has 1 fully saturated rings. The quantitative estimate of drug-likeness (QED) is 0.718. The summed E-state index contributed by atoms with van der Waals surface area (Å²) in [6.45, 7) is 3.23. The van der Waals surface area contributed by atoms with Gasteiger partial charge in [0.2, 0.25) is 0 Å². The van der Waals surface area contributed by atoms with Gasteiger partial charge in [0.1, 0.15) is 0 Å². The first-order chi connectivity index (χ1) is 8.59. The molecule has 0 spiro atoms. The van der Waals surface area contributed by atoms with Crippen LogP contribution in [0, 0.1) is 0 Å². The maximum absolute atomic E-state index is 6.05. The van der Waals surface area contributed by atoms with E-state index in [0.717, 1.165) is 12.2 Å². The van der Waals surface area contributed by atoms with Crippen LogP contribution < -0.4 is 4.90 Å². The molecular weight excluding hydrogens is 265 g/mol. The predicted molar refractivity (Wildman–Crippen MR) is 77.6 cm³/mol. The van der Waals surface area contributed by atoms with E-state index in [9.17, 15) is 0 Å². The van der Waals surface area contributed by atoms with E-state index in [4.69, 9.17) is 23.2 Å². The van der Waals surface area contributed by atoms with Gasteiger partial charge in [-0.15, -0.1) is 0 Å². The Hall–Kier alpha value is -1.18. The van der Waals surface area contributed by atoms with Crippen molar-refractivity contribution in [1.29, 1.82) is 0 Å². The number of benzene rings is 2. The van der Waals surface area contributed by atoms with E-state index in [1.165, 1.54) is 5.56 Å². The number of hydrogen-bond acceptors (Lipinski definition) is 1. The fourth-order valence-electron chi connectivity index (χ4n) is 2.39. The van der Waals surface area contributed by atoms with Gasteiger partial charge in [-0.1, -0.05) is 53.5 Å². The largest absolute Gasteiger partial charge is 0.357 e. The van der Waals surface area contributed by atoms with Crippen molar-refractivity contribution in [2.75, 3.05) is 11.4 Å². The van der Waals surface area contributed by atoms with Gasteiger partial charge < -0.3 is 4.90 Å². The highest BCUT2D eigenvalue weighted by Crippen LogP contribution is 2.46. The maximum Gasteiger partial charge on any atom is 0.0801 e. The van der Waals surface area contributed by atoms with E-state index in [1.54, 1.807) is 6.07 Å². The second-order valence-electron chi connectivity index (χ2n) is 4.85. The number of nitrogens with zero attached hydrogens (tertiary/aromatic N) is 1. The smallest absolute Gasteiger partial charge is 0.0801 e. The van der Waals surface area contributed by atoms with Crippen molar-refractivity contribution < 1.29 is 0 Å². The van der Waals surface area contributed by atoms with Crippen LogP contribution in [-0.2, 0) is 5.54 Å². The van der Waals surface area contributed by atoms with E-state index in [0.29, 0.717) is 10.0 Å². The minimum absolute atomic E-state index is 0.0648. The Balaban J connectivity index is 1.93. The lowest BCUT2D eigenvalue weighted by molar-refractivity contribution is 0.797. The molecule has 1 unspecified atom stereocenters. The Morgan fingerprint density at radius 3 is 2.22 bits per heavy atom. The highest BCUT2D eigenvalue weighted by Gasteiger charge is 2.49. The predicted octanol–water partition coefficient (Wildman–Crippen LogP) is 4.73. The van der Waals surface area contributed by atoms with Crippen molar-refractivity contribution in [2.24, 2.45) is 0 Å². The number of hydrogen-bond donors (Lipinski definition) is 0. The molecule has 1 saturated heterocycles. The Labute approximate surface area is 117 Å². The zero-order valence-corrected chi connectivity index (χ0v) is 11.5. The fourth-order valence-corrected chi connectivity index (χ4v) is 2.90. The zero-order chi connectivity index (χ0) is 12.8. The third-order valence-corrected chi connectivity index (χ3v) is 3.95. The molecule has 1 atom stereocenters. The maximum atomic E-state index is 6.05. The van der Waals surface area contributed by atoms with Gasteiger partial charge in [-0.05, 0) is 30.7 Å². The molecule has 0 aliphatic carbocycles. The number of halogens is 2. The number of anilines is 1. The Morgan fingerprint density at radius 1 is 1.00 bits per heavy atom. The monoisotopic (exact) mass is 277 g/mol. The van der Waals surface area contributed by atoms with Crippen molar-refractivity contribution in [3.05, 3.63) is 64.1 Å².